The van der Waals surface area contributed by atoms with Crippen molar-refractivity contribution < 1.29 is 18.7 Å². The molecule has 0 saturated carbocycles. The molecule has 0 fully saturated rings. The Balaban J connectivity index is 1.57. The average Bonchev–Trinajstić information content (AvgIpc) is 3.21. The van der Waals surface area contributed by atoms with E-state index in [1.165, 1.54) is 0 Å². The summed E-state index contributed by atoms with van der Waals surface area (Å²) in [5, 5.41) is 4.01. The maximum atomic E-state index is 12.4. The number of ether oxygens (including phenoxy) is 2. The lowest BCUT2D eigenvalue weighted by Crippen LogP contribution is -2.26. The van der Waals surface area contributed by atoms with Gasteiger partial charge in [-0.05, 0) is 49.7 Å². The summed E-state index contributed by atoms with van der Waals surface area (Å²) < 4.78 is 16.7. The monoisotopic (exact) mass is 462 g/mol. The zero-order valence-corrected chi connectivity index (χ0v) is 19.1. The number of carbonyl (C=O) groups is 1. The van der Waals surface area contributed by atoms with Crippen LogP contribution in [-0.2, 0) is 11.2 Å². The number of methoxy groups -OCH3 is 1. The van der Waals surface area contributed by atoms with Gasteiger partial charge in [0.05, 0.1) is 31.0 Å². The summed E-state index contributed by atoms with van der Waals surface area (Å²) in [4.78, 5) is 16.7. The molecule has 6 nitrogen and oxygen atoms in total. The lowest BCUT2D eigenvalue weighted by atomic mass is 10.1. The van der Waals surface area contributed by atoms with Crippen molar-refractivity contribution in [3.8, 4) is 22.8 Å². The molecule has 0 aliphatic rings. The lowest BCUT2D eigenvalue weighted by molar-refractivity contribution is -0.121. The van der Waals surface area contributed by atoms with E-state index in [1.807, 2.05) is 32.0 Å². The quantitative estimate of drug-likeness (QED) is 0.430. The van der Waals surface area contributed by atoms with E-state index < -0.39 is 0 Å². The molecular formula is C23H24Cl2N2O4. The highest BCUT2D eigenvalue weighted by Crippen LogP contribution is 2.31. The Labute approximate surface area is 191 Å². The zero-order chi connectivity index (χ0) is 22.4. The van der Waals surface area contributed by atoms with Crippen LogP contribution in [0.2, 0.25) is 10.0 Å². The number of nitrogens with one attached hydrogen (secondary N) is 1. The van der Waals surface area contributed by atoms with Crippen LogP contribution in [0.5, 0.6) is 11.5 Å². The van der Waals surface area contributed by atoms with Gasteiger partial charge in [-0.3, -0.25) is 4.79 Å². The summed E-state index contributed by atoms with van der Waals surface area (Å²) in [7, 11) is 1.59. The number of hydrogen-bond donors (Lipinski definition) is 1. The molecule has 8 heteroatoms. The first kappa shape index (κ1) is 23.0. The topological polar surface area (TPSA) is 73.6 Å². The highest BCUT2D eigenvalue weighted by Gasteiger charge is 2.15. The fourth-order valence-electron chi connectivity index (χ4n) is 3.09. The Kier molecular flexibility index (Phi) is 7.82. The van der Waals surface area contributed by atoms with E-state index in [0.717, 1.165) is 5.56 Å². The molecule has 1 aromatic heterocycles. The smallest absolute Gasteiger partial charge is 0.220 e. The summed E-state index contributed by atoms with van der Waals surface area (Å²) in [5.74, 6) is 2.20. The van der Waals surface area contributed by atoms with Crippen LogP contribution in [0.4, 0.5) is 0 Å². The van der Waals surface area contributed by atoms with E-state index in [-0.39, 0.29) is 18.4 Å². The van der Waals surface area contributed by atoms with Crippen molar-refractivity contribution in [2.45, 2.75) is 32.7 Å². The Hall–Kier alpha value is -2.70. The Morgan fingerprint density at radius 2 is 2.00 bits per heavy atom. The minimum absolute atomic E-state index is 0.107. The number of halogens is 2. The molecule has 0 radical (unpaired) electrons. The Bertz CT molecular complexity index is 1050. The number of aromatic nitrogens is 1. The largest absolute Gasteiger partial charge is 0.493 e. The van der Waals surface area contributed by atoms with Gasteiger partial charge in [-0.15, -0.1) is 0 Å². The SMILES string of the molecule is CCOc1ccc(C(C)NC(=O)CCc2ncc(-c3ccc(Cl)cc3Cl)o2)cc1OC. The van der Waals surface area contributed by atoms with Crippen molar-refractivity contribution in [2.24, 2.45) is 0 Å². The number of hydrogen-bond acceptors (Lipinski definition) is 5. The molecule has 0 aliphatic heterocycles. The molecule has 1 heterocycles. The van der Waals surface area contributed by atoms with E-state index in [0.29, 0.717) is 51.8 Å². The Morgan fingerprint density at radius 3 is 2.71 bits per heavy atom. The predicted octanol–water partition coefficient (Wildman–Crippen LogP) is 5.87. The second-order valence-electron chi connectivity index (χ2n) is 6.87. The molecular weight excluding hydrogens is 439 g/mol. The third-order valence-corrected chi connectivity index (χ3v) is 5.23. The summed E-state index contributed by atoms with van der Waals surface area (Å²) in [6, 6.07) is 10.6. The predicted molar refractivity (Wildman–Crippen MR) is 121 cm³/mol. The molecule has 1 atom stereocenters. The molecule has 164 valence electrons. The van der Waals surface area contributed by atoms with E-state index in [1.54, 1.807) is 31.5 Å². The van der Waals surface area contributed by atoms with Crippen molar-refractivity contribution >= 4 is 29.1 Å². The van der Waals surface area contributed by atoms with Crippen LogP contribution in [0.25, 0.3) is 11.3 Å². The highest BCUT2D eigenvalue weighted by atomic mass is 35.5. The first-order valence-electron chi connectivity index (χ1n) is 9.91. The molecule has 3 rings (SSSR count). The van der Waals surface area contributed by atoms with Crippen molar-refractivity contribution in [1.29, 1.82) is 0 Å². The summed E-state index contributed by atoms with van der Waals surface area (Å²) in [6.45, 7) is 4.38. The van der Waals surface area contributed by atoms with Crippen LogP contribution in [0, 0.1) is 0 Å². The van der Waals surface area contributed by atoms with Gasteiger partial charge in [0.25, 0.3) is 0 Å². The van der Waals surface area contributed by atoms with Crippen LogP contribution in [0.3, 0.4) is 0 Å². The zero-order valence-electron chi connectivity index (χ0n) is 17.6. The number of amides is 1. The van der Waals surface area contributed by atoms with Crippen molar-refractivity contribution in [3.05, 3.63) is 64.1 Å². The van der Waals surface area contributed by atoms with Crippen LogP contribution >= 0.6 is 23.2 Å². The van der Waals surface area contributed by atoms with Crippen molar-refractivity contribution in [2.75, 3.05) is 13.7 Å². The number of benzene rings is 2. The first-order valence-corrected chi connectivity index (χ1v) is 10.7. The van der Waals surface area contributed by atoms with E-state index in [9.17, 15) is 4.79 Å². The molecule has 31 heavy (non-hydrogen) atoms. The average molecular weight is 463 g/mol. The molecule has 3 aromatic rings. The van der Waals surface area contributed by atoms with Gasteiger partial charge in [-0.2, -0.15) is 0 Å². The van der Waals surface area contributed by atoms with Gasteiger partial charge >= 0.3 is 0 Å². The molecule has 0 aliphatic carbocycles. The van der Waals surface area contributed by atoms with Crippen LogP contribution in [0.15, 0.2) is 47.0 Å². The molecule has 0 spiro atoms. The standard InChI is InChI=1S/C23H24Cl2N2O4/c1-4-30-19-8-5-15(11-20(19)29-3)14(2)27-22(28)9-10-23-26-13-21(31-23)17-7-6-16(24)12-18(17)25/h5-8,11-14H,4,9-10H2,1-3H3,(H,27,28). The Morgan fingerprint density at radius 1 is 1.19 bits per heavy atom. The van der Waals surface area contributed by atoms with Gasteiger partial charge in [0, 0.05) is 23.4 Å². The highest BCUT2D eigenvalue weighted by molar-refractivity contribution is 6.36. The fourth-order valence-corrected chi connectivity index (χ4v) is 3.59. The van der Waals surface area contributed by atoms with Crippen molar-refractivity contribution in [1.82, 2.24) is 10.3 Å². The maximum Gasteiger partial charge on any atom is 0.220 e. The maximum absolute atomic E-state index is 12.4. The molecule has 0 bridgehead atoms. The van der Waals surface area contributed by atoms with Gasteiger partial charge in [0.15, 0.2) is 23.1 Å². The number of carbonyl (C=O) groups excluding carboxylic acids is 1. The molecule has 0 saturated heterocycles. The summed E-state index contributed by atoms with van der Waals surface area (Å²) in [6.07, 6.45) is 2.21. The van der Waals surface area contributed by atoms with Gasteiger partial charge < -0.3 is 19.2 Å². The van der Waals surface area contributed by atoms with E-state index >= 15 is 0 Å². The molecule has 1 amide bonds. The normalized spacial score (nSPS) is 11.8. The third-order valence-electron chi connectivity index (χ3n) is 4.68. The van der Waals surface area contributed by atoms with Gasteiger partial charge in [0.2, 0.25) is 5.91 Å². The van der Waals surface area contributed by atoms with Crippen molar-refractivity contribution in [3.63, 3.8) is 0 Å². The van der Waals surface area contributed by atoms with Gasteiger partial charge in [0.1, 0.15) is 0 Å². The van der Waals surface area contributed by atoms with E-state index in [4.69, 9.17) is 37.1 Å². The second-order valence-corrected chi connectivity index (χ2v) is 7.72. The fraction of sp³-hybridized carbons (Fsp3) is 0.304. The molecule has 2 aromatic carbocycles. The third kappa shape index (κ3) is 5.93. The minimum Gasteiger partial charge on any atom is -0.493 e. The summed E-state index contributed by atoms with van der Waals surface area (Å²) >= 11 is 12.1. The number of rotatable bonds is 9. The lowest BCUT2D eigenvalue weighted by Gasteiger charge is -2.17. The first-order chi connectivity index (χ1) is 14.9. The number of aryl methyl sites for hydroxylation is 1. The molecule has 1 N–H and O–H groups in total. The number of nitrogens with zero attached hydrogens (tertiary/aromatic N) is 1. The number of oxazole rings is 1. The van der Waals surface area contributed by atoms with E-state index in [2.05, 4.69) is 10.3 Å². The van der Waals surface area contributed by atoms with Crippen LogP contribution in [0.1, 0.15) is 37.8 Å². The van der Waals surface area contributed by atoms with Crippen LogP contribution < -0.4 is 14.8 Å². The summed E-state index contributed by atoms with van der Waals surface area (Å²) in [5.41, 5.74) is 1.62. The van der Waals surface area contributed by atoms with Gasteiger partial charge in [-0.1, -0.05) is 29.3 Å². The van der Waals surface area contributed by atoms with Gasteiger partial charge in [-0.25, -0.2) is 4.98 Å². The minimum atomic E-state index is -0.190. The molecule has 1 unspecified atom stereocenters. The second kappa shape index (κ2) is 10.6. The van der Waals surface area contributed by atoms with Crippen LogP contribution in [-0.4, -0.2) is 24.6 Å².